The van der Waals surface area contributed by atoms with Gasteiger partial charge >= 0.3 is 0 Å². The van der Waals surface area contributed by atoms with E-state index in [1.165, 1.54) is 7.11 Å². The summed E-state index contributed by atoms with van der Waals surface area (Å²) in [5.74, 6) is 0.0404. The van der Waals surface area contributed by atoms with Crippen molar-refractivity contribution in [3.63, 3.8) is 0 Å². The Balaban J connectivity index is 2.08. The Morgan fingerprint density at radius 3 is 2.95 bits per heavy atom. The van der Waals surface area contributed by atoms with Crippen LogP contribution in [0.2, 0.25) is 5.15 Å². The molecule has 0 radical (unpaired) electrons. The molecule has 1 aliphatic heterocycles. The maximum atomic E-state index is 10.1. The van der Waals surface area contributed by atoms with Gasteiger partial charge in [0.2, 0.25) is 5.95 Å². The van der Waals surface area contributed by atoms with Crippen molar-refractivity contribution in [1.29, 1.82) is 0 Å². The summed E-state index contributed by atoms with van der Waals surface area (Å²) in [5, 5.41) is 20.2. The van der Waals surface area contributed by atoms with E-state index in [1.54, 1.807) is 16.8 Å². The second kappa shape index (κ2) is 5.39. The van der Waals surface area contributed by atoms with Gasteiger partial charge in [-0.1, -0.05) is 11.6 Å². The first kappa shape index (κ1) is 14.5. The van der Waals surface area contributed by atoms with Gasteiger partial charge in [0.15, 0.2) is 6.23 Å². The molecule has 0 saturated carbocycles. The van der Waals surface area contributed by atoms with Crippen molar-refractivity contribution in [3.8, 4) is 0 Å². The average molecular weight is 315 g/mol. The van der Waals surface area contributed by atoms with E-state index in [4.69, 9.17) is 26.8 Å². The first-order valence-electron chi connectivity index (χ1n) is 6.33. The minimum absolute atomic E-state index is 0.0404. The molecule has 114 valence electrons. The molecule has 9 heteroatoms. The summed E-state index contributed by atoms with van der Waals surface area (Å²) in [4.78, 5) is 8.04. The number of aliphatic hydroxyl groups is 2. The zero-order valence-corrected chi connectivity index (χ0v) is 11.9. The maximum absolute atomic E-state index is 10.1. The van der Waals surface area contributed by atoms with Crippen molar-refractivity contribution >= 4 is 28.6 Å². The molecule has 3 rings (SSSR count). The number of halogens is 1. The Kier molecular flexibility index (Phi) is 3.72. The van der Waals surface area contributed by atoms with E-state index in [2.05, 4.69) is 9.97 Å². The largest absolute Gasteiger partial charge is 0.394 e. The number of rotatable bonds is 3. The topological polar surface area (TPSA) is 116 Å². The van der Waals surface area contributed by atoms with E-state index in [1.807, 2.05) is 0 Å². The lowest BCUT2D eigenvalue weighted by molar-refractivity contribution is -0.0580. The fourth-order valence-corrected chi connectivity index (χ4v) is 2.80. The van der Waals surface area contributed by atoms with Crippen LogP contribution < -0.4 is 5.73 Å². The molecule has 21 heavy (non-hydrogen) atoms. The van der Waals surface area contributed by atoms with Gasteiger partial charge in [-0.25, -0.2) is 4.98 Å². The fraction of sp³-hybridized carbons (Fsp3) is 0.500. The highest BCUT2D eigenvalue weighted by atomic mass is 35.5. The molecule has 8 nitrogen and oxygen atoms in total. The molecular weight excluding hydrogens is 300 g/mol. The average Bonchev–Trinajstić information content (AvgIpc) is 2.99. The quantitative estimate of drug-likeness (QED) is 0.679. The van der Waals surface area contributed by atoms with Gasteiger partial charge in [0.25, 0.3) is 0 Å². The lowest BCUT2D eigenvalue weighted by Crippen LogP contribution is -2.34. The minimum atomic E-state index is -0.947. The Morgan fingerprint density at radius 2 is 2.29 bits per heavy atom. The van der Waals surface area contributed by atoms with Crippen molar-refractivity contribution in [2.24, 2.45) is 0 Å². The van der Waals surface area contributed by atoms with Crippen LogP contribution >= 0.6 is 11.6 Å². The van der Waals surface area contributed by atoms with Crippen LogP contribution in [0, 0.1) is 0 Å². The Morgan fingerprint density at radius 1 is 1.52 bits per heavy atom. The zero-order valence-electron chi connectivity index (χ0n) is 11.2. The highest BCUT2D eigenvalue weighted by molar-refractivity contribution is 6.34. The van der Waals surface area contributed by atoms with Crippen molar-refractivity contribution < 1.29 is 19.7 Å². The van der Waals surface area contributed by atoms with Crippen molar-refractivity contribution in [2.75, 3.05) is 19.5 Å². The van der Waals surface area contributed by atoms with Gasteiger partial charge in [-0.05, 0) is 6.07 Å². The third-order valence-electron chi connectivity index (χ3n) is 3.58. The van der Waals surface area contributed by atoms with Gasteiger partial charge in [-0.15, -0.1) is 0 Å². The summed E-state index contributed by atoms with van der Waals surface area (Å²) < 4.78 is 12.6. The number of nitrogen functional groups attached to an aromatic ring is 1. The summed E-state index contributed by atoms with van der Waals surface area (Å²) >= 11 is 6.03. The first-order chi connectivity index (χ1) is 10.1. The van der Waals surface area contributed by atoms with E-state index >= 15 is 0 Å². The number of hydrogen-bond acceptors (Lipinski definition) is 7. The number of aromatic nitrogens is 3. The molecule has 2 aromatic rings. The number of ether oxygens (including phenoxy) is 2. The van der Waals surface area contributed by atoms with Crippen molar-refractivity contribution in [2.45, 2.75) is 24.5 Å². The number of methoxy groups -OCH3 is 1. The molecule has 1 aliphatic rings. The maximum Gasteiger partial charge on any atom is 0.223 e. The monoisotopic (exact) mass is 314 g/mol. The molecule has 0 amide bonds. The molecule has 0 bridgehead atoms. The smallest absolute Gasteiger partial charge is 0.223 e. The standard InChI is InChI=1S/C12H15ClN4O4/c1-20-8-7(19)6(4-18)21-11(8)17-3-2-5-9(13)15-12(14)16-10(5)17/h2-3,6-8,11,18-19H,4H2,1H3,(H2,14,15,16)/t6-,7-,8-,11?/m1/s1. The summed E-state index contributed by atoms with van der Waals surface area (Å²) in [6, 6.07) is 1.73. The Hall–Kier alpha value is -1.45. The lowest BCUT2D eigenvalue weighted by atomic mass is 10.1. The summed E-state index contributed by atoms with van der Waals surface area (Å²) in [5.41, 5.74) is 6.10. The van der Waals surface area contributed by atoms with E-state index in [-0.39, 0.29) is 17.7 Å². The van der Waals surface area contributed by atoms with Crippen molar-refractivity contribution in [3.05, 3.63) is 17.4 Å². The highest BCUT2D eigenvalue weighted by Crippen LogP contribution is 2.34. The molecular formula is C12H15ClN4O4. The van der Waals surface area contributed by atoms with Crippen LogP contribution in [-0.4, -0.2) is 56.8 Å². The second-order valence-corrected chi connectivity index (χ2v) is 5.13. The number of anilines is 1. The van der Waals surface area contributed by atoms with Crippen LogP contribution in [0.5, 0.6) is 0 Å². The summed E-state index contributed by atoms with van der Waals surface area (Å²) in [6.07, 6.45) is -1.27. The minimum Gasteiger partial charge on any atom is -0.394 e. The molecule has 1 unspecified atom stereocenters. The van der Waals surface area contributed by atoms with Crippen LogP contribution in [0.1, 0.15) is 6.23 Å². The van der Waals surface area contributed by atoms with Gasteiger partial charge in [0.05, 0.1) is 12.0 Å². The van der Waals surface area contributed by atoms with Gasteiger partial charge < -0.3 is 30.0 Å². The van der Waals surface area contributed by atoms with Crippen molar-refractivity contribution in [1.82, 2.24) is 14.5 Å². The van der Waals surface area contributed by atoms with E-state index in [0.717, 1.165) is 0 Å². The number of aliphatic hydroxyl groups excluding tert-OH is 2. The normalized spacial score (nSPS) is 29.3. The number of hydrogen-bond donors (Lipinski definition) is 3. The first-order valence-corrected chi connectivity index (χ1v) is 6.71. The molecule has 3 heterocycles. The predicted octanol–water partition coefficient (Wildman–Crippen LogP) is -0.0675. The number of nitrogens with two attached hydrogens (primary N) is 1. The number of fused-ring (bicyclic) bond motifs is 1. The molecule has 0 aliphatic carbocycles. The summed E-state index contributed by atoms with van der Waals surface area (Å²) in [7, 11) is 1.46. The lowest BCUT2D eigenvalue weighted by Gasteiger charge is -2.20. The molecule has 2 aromatic heterocycles. The Labute approximate surface area is 125 Å². The summed E-state index contributed by atoms with van der Waals surface area (Å²) in [6.45, 7) is -0.311. The zero-order chi connectivity index (χ0) is 15.1. The Bertz CT molecular complexity index is 664. The number of nitrogens with zero attached hydrogens (tertiary/aromatic N) is 3. The predicted molar refractivity (Wildman–Crippen MR) is 74.8 cm³/mol. The van der Waals surface area contributed by atoms with Crippen LogP contribution in [0.15, 0.2) is 12.3 Å². The van der Waals surface area contributed by atoms with Crippen LogP contribution in [0.25, 0.3) is 11.0 Å². The molecule has 4 atom stereocenters. The van der Waals surface area contributed by atoms with E-state index in [0.29, 0.717) is 11.0 Å². The third-order valence-corrected chi connectivity index (χ3v) is 3.87. The molecule has 1 fully saturated rings. The molecule has 0 spiro atoms. The van der Waals surface area contributed by atoms with E-state index in [9.17, 15) is 10.2 Å². The highest BCUT2D eigenvalue weighted by Gasteiger charge is 2.45. The van der Waals surface area contributed by atoms with Gasteiger partial charge in [-0.2, -0.15) is 4.98 Å². The molecule has 1 saturated heterocycles. The van der Waals surface area contributed by atoms with Gasteiger partial charge in [0.1, 0.15) is 29.1 Å². The van der Waals surface area contributed by atoms with E-state index < -0.39 is 24.5 Å². The molecule has 0 aromatic carbocycles. The second-order valence-electron chi connectivity index (χ2n) is 4.77. The third kappa shape index (κ3) is 2.25. The SMILES string of the molecule is CO[C@H]1C(n2ccc3c(Cl)nc(N)nc32)O[C@H](CO)[C@H]1O. The van der Waals surface area contributed by atoms with Crippen LogP contribution in [0.3, 0.4) is 0 Å². The fourth-order valence-electron chi connectivity index (χ4n) is 2.57. The van der Waals surface area contributed by atoms with Gasteiger partial charge in [0, 0.05) is 13.3 Å². The van der Waals surface area contributed by atoms with Crippen LogP contribution in [0.4, 0.5) is 5.95 Å². The molecule has 4 N–H and O–H groups in total. The van der Waals surface area contributed by atoms with Gasteiger partial charge in [-0.3, -0.25) is 0 Å². The van der Waals surface area contributed by atoms with Crippen LogP contribution in [-0.2, 0) is 9.47 Å².